The van der Waals surface area contributed by atoms with Gasteiger partial charge in [-0.1, -0.05) is 41.5 Å². The predicted molar refractivity (Wildman–Crippen MR) is 91.6 cm³/mol. The van der Waals surface area contributed by atoms with E-state index in [1.807, 2.05) is 18.2 Å². The Balaban J connectivity index is 2.56. The van der Waals surface area contributed by atoms with E-state index < -0.39 is 5.76 Å². The largest absolute Gasteiger partial charge is 0.507 e. The van der Waals surface area contributed by atoms with Gasteiger partial charge in [0.05, 0.1) is 0 Å². The minimum Gasteiger partial charge on any atom is -0.507 e. The van der Waals surface area contributed by atoms with Crippen molar-refractivity contribution in [2.45, 2.75) is 52.4 Å². The summed E-state index contributed by atoms with van der Waals surface area (Å²) in [6.45, 7) is 12.4. The highest BCUT2D eigenvalue weighted by molar-refractivity contribution is 5.68. The number of benzene rings is 1. The predicted octanol–water partition coefficient (Wildman–Crippen LogP) is 3.83. The lowest BCUT2D eigenvalue weighted by atomic mass is 9.78. The molecule has 0 aliphatic rings. The van der Waals surface area contributed by atoms with Crippen molar-refractivity contribution in [1.82, 2.24) is 10.2 Å². The number of hydrogen-bond donors (Lipinski definition) is 2. The lowest BCUT2D eigenvalue weighted by Crippen LogP contribution is -2.17. The fourth-order valence-electron chi connectivity index (χ4n) is 2.38. The van der Waals surface area contributed by atoms with Crippen molar-refractivity contribution in [1.29, 1.82) is 0 Å². The van der Waals surface area contributed by atoms with Crippen LogP contribution in [0.1, 0.15) is 64.1 Å². The van der Waals surface area contributed by atoms with E-state index in [1.54, 1.807) is 6.08 Å². The maximum absolute atomic E-state index is 11.0. The molecule has 0 spiro atoms. The number of nitrogens with zero attached hydrogens (tertiary/aromatic N) is 1. The molecule has 2 rings (SSSR count). The summed E-state index contributed by atoms with van der Waals surface area (Å²) >= 11 is 0. The third kappa shape index (κ3) is 3.92. The third-order valence-corrected chi connectivity index (χ3v) is 3.62. The van der Waals surface area contributed by atoms with Crippen molar-refractivity contribution >= 4 is 12.2 Å². The highest BCUT2D eigenvalue weighted by atomic mass is 16.4. The smallest absolute Gasteiger partial charge is 0.434 e. The number of aromatic nitrogens is 2. The summed E-state index contributed by atoms with van der Waals surface area (Å²) in [6, 6.07) is 3.90. The van der Waals surface area contributed by atoms with Crippen molar-refractivity contribution in [3.8, 4) is 5.75 Å². The second kappa shape index (κ2) is 5.72. The van der Waals surface area contributed by atoms with E-state index in [0.717, 1.165) is 16.7 Å². The summed E-state index contributed by atoms with van der Waals surface area (Å²) in [5.74, 6) is -0.0211. The maximum atomic E-state index is 11.0. The van der Waals surface area contributed by atoms with Gasteiger partial charge < -0.3 is 9.52 Å². The Morgan fingerprint density at radius 1 is 1.04 bits per heavy atom. The quantitative estimate of drug-likeness (QED) is 0.882. The van der Waals surface area contributed by atoms with Crippen LogP contribution in [-0.2, 0) is 10.8 Å². The molecule has 0 amide bonds. The lowest BCUT2D eigenvalue weighted by molar-refractivity contribution is 0.423. The molecule has 1 aromatic heterocycles. The van der Waals surface area contributed by atoms with Gasteiger partial charge in [0.25, 0.3) is 0 Å². The number of phenols is 1. The molecule has 0 saturated heterocycles. The van der Waals surface area contributed by atoms with E-state index in [0.29, 0.717) is 5.75 Å². The topological polar surface area (TPSA) is 79.1 Å². The number of nitrogens with one attached hydrogen (secondary N) is 1. The van der Waals surface area contributed by atoms with Crippen LogP contribution in [0.4, 0.5) is 0 Å². The van der Waals surface area contributed by atoms with E-state index in [9.17, 15) is 9.90 Å². The molecule has 0 fully saturated rings. The summed E-state index contributed by atoms with van der Waals surface area (Å²) in [5.41, 5.74) is 2.31. The Morgan fingerprint density at radius 3 is 1.96 bits per heavy atom. The van der Waals surface area contributed by atoms with Crippen molar-refractivity contribution in [2.24, 2.45) is 0 Å². The molecule has 5 nitrogen and oxygen atoms in total. The average Bonchev–Trinajstić information content (AvgIpc) is 2.80. The first-order valence-electron chi connectivity index (χ1n) is 7.60. The number of hydrogen-bond acceptors (Lipinski definition) is 4. The monoisotopic (exact) mass is 316 g/mol. The van der Waals surface area contributed by atoms with Gasteiger partial charge in [0, 0.05) is 17.2 Å². The molecular formula is C18H24N2O3. The second-order valence-electron chi connectivity index (χ2n) is 7.75. The lowest BCUT2D eigenvalue weighted by Gasteiger charge is -2.27. The van der Waals surface area contributed by atoms with Crippen LogP contribution in [0.2, 0.25) is 0 Å². The van der Waals surface area contributed by atoms with Gasteiger partial charge in [-0.05, 0) is 34.6 Å². The maximum Gasteiger partial charge on any atom is 0.434 e. The van der Waals surface area contributed by atoms with Gasteiger partial charge in [-0.15, -0.1) is 5.10 Å². The molecule has 1 heterocycles. The number of rotatable bonds is 2. The van der Waals surface area contributed by atoms with Crippen molar-refractivity contribution in [3.05, 3.63) is 45.3 Å². The number of phenolic OH excluding ortho intramolecular Hbond substituents is 1. The highest BCUT2D eigenvalue weighted by Crippen LogP contribution is 2.40. The zero-order valence-corrected chi connectivity index (χ0v) is 14.5. The summed E-state index contributed by atoms with van der Waals surface area (Å²) < 4.78 is 4.87. The molecular weight excluding hydrogens is 292 g/mol. The molecule has 5 heteroatoms. The van der Waals surface area contributed by atoms with Gasteiger partial charge in [-0.2, -0.15) is 0 Å². The van der Waals surface area contributed by atoms with E-state index in [4.69, 9.17) is 4.42 Å². The normalized spacial score (nSPS) is 13.0. The van der Waals surface area contributed by atoms with Crippen LogP contribution in [-0.4, -0.2) is 15.3 Å². The number of H-pyrrole nitrogens is 1. The Labute approximate surface area is 136 Å². The van der Waals surface area contributed by atoms with Crippen LogP contribution in [0.3, 0.4) is 0 Å². The summed E-state index contributed by atoms with van der Waals surface area (Å²) in [4.78, 5) is 11.0. The Morgan fingerprint density at radius 2 is 1.57 bits per heavy atom. The molecule has 2 N–H and O–H groups in total. The molecule has 0 aliphatic heterocycles. The van der Waals surface area contributed by atoms with Gasteiger partial charge in [-0.25, -0.2) is 9.89 Å². The molecule has 0 aliphatic carbocycles. The molecule has 0 unspecified atom stereocenters. The molecule has 1 aromatic carbocycles. The molecule has 0 bridgehead atoms. The average molecular weight is 316 g/mol. The van der Waals surface area contributed by atoms with Crippen LogP contribution < -0.4 is 5.76 Å². The Bertz CT molecular complexity index is 749. The Hall–Kier alpha value is -2.30. The van der Waals surface area contributed by atoms with Crippen LogP contribution >= 0.6 is 0 Å². The van der Waals surface area contributed by atoms with Crippen molar-refractivity contribution in [2.75, 3.05) is 0 Å². The first-order valence-corrected chi connectivity index (χ1v) is 7.60. The standard InChI is InChI=1S/C18H24N2O3/c1-17(2,3)12-9-11(7-8-14-19-20-16(22)23-14)10-13(15(12)21)18(4,5)6/h7-10,21H,1-6H3,(H,20,22). The van der Waals surface area contributed by atoms with E-state index >= 15 is 0 Å². The van der Waals surface area contributed by atoms with Crippen LogP contribution in [0.5, 0.6) is 5.75 Å². The van der Waals surface area contributed by atoms with Crippen LogP contribution in [0, 0.1) is 0 Å². The Kier molecular flexibility index (Phi) is 4.24. The summed E-state index contributed by atoms with van der Waals surface area (Å²) in [7, 11) is 0. The zero-order chi connectivity index (χ0) is 17.4. The summed E-state index contributed by atoms with van der Waals surface area (Å²) in [5, 5.41) is 16.6. The van der Waals surface area contributed by atoms with Gasteiger partial charge in [0.2, 0.25) is 5.89 Å². The van der Waals surface area contributed by atoms with Gasteiger partial charge >= 0.3 is 5.76 Å². The van der Waals surface area contributed by atoms with Crippen molar-refractivity contribution < 1.29 is 9.52 Å². The summed E-state index contributed by atoms with van der Waals surface area (Å²) in [6.07, 6.45) is 3.45. The molecule has 0 atom stereocenters. The van der Waals surface area contributed by atoms with Crippen LogP contribution in [0.25, 0.3) is 12.2 Å². The number of aromatic amines is 1. The van der Waals surface area contributed by atoms with Gasteiger partial charge in [0.1, 0.15) is 5.75 Å². The first-order chi connectivity index (χ1) is 10.5. The van der Waals surface area contributed by atoms with Crippen molar-refractivity contribution in [3.63, 3.8) is 0 Å². The minimum atomic E-state index is -0.582. The molecule has 0 saturated carbocycles. The number of aromatic hydroxyl groups is 1. The second-order valence-corrected chi connectivity index (χ2v) is 7.75. The zero-order valence-electron chi connectivity index (χ0n) is 14.5. The fraction of sp³-hybridized carbons (Fsp3) is 0.444. The van der Waals surface area contributed by atoms with Gasteiger partial charge in [-0.3, -0.25) is 0 Å². The third-order valence-electron chi connectivity index (χ3n) is 3.62. The minimum absolute atomic E-state index is 0.188. The first kappa shape index (κ1) is 17.1. The fourth-order valence-corrected chi connectivity index (χ4v) is 2.38. The highest BCUT2D eigenvalue weighted by Gasteiger charge is 2.26. The van der Waals surface area contributed by atoms with Gasteiger partial charge in [0.15, 0.2) is 0 Å². The SMILES string of the molecule is CC(C)(C)c1cc(C=Cc2n[nH]c(=O)o2)cc(C(C)(C)C)c1O. The molecule has 23 heavy (non-hydrogen) atoms. The van der Waals surface area contributed by atoms with Crippen LogP contribution in [0.15, 0.2) is 21.3 Å². The van der Waals surface area contributed by atoms with E-state index in [2.05, 4.69) is 51.7 Å². The molecule has 124 valence electrons. The molecule has 2 aromatic rings. The van der Waals surface area contributed by atoms with E-state index in [-0.39, 0.29) is 16.7 Å². The van der Waals surface area contributed by atoms with E-state index in [1.165, 1.54) is 0 Å². The molecule has 0 radical (unpaired) electrons.